The van der Waals surface area contributed by atoms with Gasteiger partial charge in [-0.05, 0) is 55.5 Å². The minimum atomic E-state index is -1.30. The largest absolute Gasteiger partial charge is 0.384 e. The summed E-state index contributed by atoms with van der Waals surface area (Å²) in [4.78, 5) is 41.4. The van der Waals surface area contributed by atoms with E-state index in [1.807, 2.05) is 36.4 Å². The van der Waals surface area contributed by atoms with Crippen LogP contribution in [-0.2, 0) is 9.59 Å². The summed E-state index contributed by atoms with van der Waals surface area (Å²) < 4.78 is 0. The second-order valence-corrected chi connectivity index (χ2v) is 11.5. The van der Waals surface area contributed by atoms with Crippen LogP contribution in [-0.4, -0.2) is 58.0 Å². The molecule has 0 bridgehead atoms. The van der Waals surface area contributed by atoms with Gasteiger partial charge in [-0.15, -0.1) is 0 Å². The van der Waals surface area contributed by atoms with Crippen molar-refractivity contribution >= 4 is 28.5 Å². The lowest BCUT2D eigenvalue weighted by Gasteiger charge is -2.31. The third-order valence-corrected chi connectivity index (χ3v) is 8.03. The number of rotatable bonds is 10. The van der Waals surface area contributed by atoms with Gasteiger partial charge in [-0.1, -0.05) is 62.4 Å². The molecular formula is C30H40N6O4. The molecule has 40 heavy (non-hydrogen) atoms. The molecule has 1 heterocycles. The van der Waals surface area contributed by atoms with Crippen LogP contribution < -0.4 is 16.4 Å². The standard InChI is InChI=1S/C30H40N6O4/c1-30(2,40)26(17-33-32)34-23-16-25(27(31)37)36(18-23)29(39)24(14-19-8-4-3-5-9-19)35-28(38)22-13-12-20-10-6-7-11-21(20)15-22/h6-7,10-13,15,17,19,23-25,32,34,40H,3-5,8-9,14,16,18H2,1-2H3,(H2,31,37)(H,35,38)/b26-17-,33-32?/t23-,24+,25-/m0/s1. The number of primary amides is 1. The number of nitrogens with two attached hydrogens (primary N) is 1. The first kappa shape index (κ1) is 29.2. The zero-order valence-electron chi connectivity index (χ0n) is 23.2. The van der Waals surface area contributed by atoms with Crippen LogP contribution >= 0.6 is 0 Å². The summed E-state index contributed by atoms with van der Waals surface area (Å²) >= 11 is 0. The number of hydrogen-bond donors (Lipinski definition) is 5. The van der Waals surface area contributed by atoms with Gasteiger partial charge in [0.15, 0.2) is 0 Å². The number of carbonyl (C=O) groups is 3. The van der Waals surface area contributed by atoms with Crippen LogP contribution in [0.2, 0.25) is 0 Å². The number of amides is 3. The lowest BCUT2D eigenvalue weighted by molar-refractivity contribution is -0.139. The van der Waals surface area contributed by atoms with E-state index in [1.165, 1.54) is 17.5 Å². The number of fused-ring (bicyclic) bond motifs is 1. The zero-order valence-corrected chi connectivity index (χ0v) is 23.2. The minimum Gasteiger partial charge on any atom is -0.384 e. The third kappa shape index (κ3) is 7.04. The summed E-state index contributed by atoms with van der Waals surface area (Å²) in [6, 6.07) is 11.2. The van der Waals surface area contributed by atoms with Crippen molar-refractivity contribution in [3.8, 4) is 0 Å². The molecule has 10 heteroatoms. The third-order valence-electron chi connectivity index (χ3n) is 8.03. The summed E-state index contributed by atoms with van der Waals surface area (Å²) in [5, 5.41) is 21.8. The van der Waals surface area contributed by atoms with Gasteiger partial charge in [0.25, 0.3) is 5.91 Å². The summed E-state index contributed by atoms with van der Waals surface area (Å²) in [5.41, 5.74) is 12.4. The monoisotopic (exact) mass is 548 g/mol. The highest BCUT2D eigenvalue weighted by Gasteiger charge is 2.42. The van der Waals surface area contributed by atoms with Crippen molar-refractivity contribution in [1.82, 2.24) is 15.5 Å². The van der Waals surface area contributed by atoms with E-state index in [-0.39, 0.29) is 24.8 Å². The van der Waals surface area contributed by atoms with Crippen molar-refractivity contribution in [3.05, 3.63) is 59.9 Å². The highest BCUT2D eigenvalue weighted by molar-refractivity contribution is 6.01. The van der Waals surface area contributed by atoms with E-state index in [0.29, 0.717) is 23.6 Å². The van der Waals surface area contributed by atoms with Crippen molar-refractivity contribution in [2.75, 3.05) is 6.54 Å². The van der Waals surface area contributed by atoms with Crippen molar-refractivity contribution in [2.24, 2.45) is 16.8 Å². The summed E-state index contributed by atoms with van der Waals surface area (Å²) in [6.45, 7) is 3.27. The predicted octanol–water partition coefficient (Wildman–Crippen LogP) is 3.60. The molecule has 2 aliphatic rings. The molecule has 1 aliphatic heterocycles. The molecule has 214 valence electrons. The van der Waals surface area contributed by atoms with Gasteiger partial charge in [0.1, 0.15) is 17.7 Å². The maximum absolute atomic E-state index is 14.0. The Labute approximate surface area is 234 Å². The number of benzene rings is 2. The van der Waals surface area contributed by atoms with E-state index in [9.17, 15) is 19.5 Å². The van der Waals surface area contributed by atoms with E-state index >= 15 is 0 Å². The van der Waals surface area contributed by atoms with Crippen molar-refractivity contribution in [3.63, 3.8) is 0 Å². The Morgan fingerprint density at radius 2 is 1.85 bits per heavy atom. The summed E-state index contributed by atoms with van der Waals surface area (Å²) in [7, 11) is 0. The van der Waals surface area contributed by atoms with Crippen molar-refractivity contribution in [2.45, 2.75) is 82.5 Å². The number of nitrogens with one attached hydrogen (secondary N) is 3. The van der Waals surface area contributed by atoms with Gasteiger partial charge in [0.05, 0.1) is 11.9 Å². The fourth-order valence-electron chi connectivity index (χ4n) is 5.86. The lowest BCUT2D eigenvalue weighted by atomic mass is 9.84. The molecule has 1 saturated heterocycles. The zero-order chi connectivity index (χ0) is 28.9. The topological polar surface area (TPSA) is 161 Å². The van der Waals surface area contributed by atoms with Crippen LogP contribution in [0.15, 0.2) is 59.5 Å². The molecule has 0 spiro atoms. The van der Waals surface area contributed by atoms with Crippen LogP contribution in [0.25, 0.3) is 10.8 Å². The van der Waals surface area contributed by atoms with Gasteiger partial charge in [-0.2, -0.15) is 5.11 Å². The van der Waals surface area contributed by atoms with Gasteiger partial charge in [-0.25, -0.2) is 5.53 Å². The number of hydrogen-bond acceptors (Lipinski definition) is 7. The van der Waals surface area contributed by atoms with Crippen LogP contribution in [0, 0.1) is 11.4 Å². The summed E-state index contributed by atoms with van der Waals surface area (Å²) in [6.07, 6.45) is 7.29. The Morgan fingerprint density at radius 1 is 1.15 bits per heavy atom. The van der Waals surface area contributed by atoms with Gasteiger partial charge < -0.3 is 26.4 Å². The summed E-state index contributed by atoms with van der Waals surface area (Å²) in [5.74, 6) is -1.01. The van der Waals surface area contributed by atoms with Crippen molar-refractivity contribution in [1.29, 1.82) is 5.53 Å². The SMILES string of the molecule is CC(C)(O)/C(=C/N=N)N[C@H]1C[C@@H](C(N)=O)N(C(=O)[C@@H](CC2CCCCC2)NC(=O)c2ccc3ccccc3c2)C1. The molecule has 1 aliphatic carbocycles. The van der Waals surface area contributed by atoms with E-state index < -0.39 is 29.6 Å². The maximum atomic E-state index is 14.0. The molecule has 2 aromatic rings. The highest BCUT2D eigenvalue weighted by atomic mass is 16.3. The highest BCUT2D eigenvalue weighted by Crippen LogP contribution is 2.29. The van der Waals surface area contributed by atoms with Crippen LogP contribution in [0.1, 0.15) is 69.2 Å². The Balaban J connectivity index is 1.56. The first-order valence-corrected chi connectivity index (χ1v) is 14.0. The lowest BCUT2D eigenvalue weighted by Crippen LogP contribution is -2.53. The van der Waals surface area contributed by atoms with Crippen molar-refractivity contribution < 1.29 is 19.5 Å². The van der Waals surface area contributed by atoms with Crippen LogP contribution in [0.3, 0.4) is 0 Å². The van der Waals surface area contributed by atoms with Gasteiger partial charge in [-0.3, -0.25) is 14.4 Å². The molecule has 2 fully saturated rings. The van der Waals surface area contributed by atoms with Crippen LogP contribution in [0.4, 0.5) is 0 Å². The van der Waals surface area contributed by atoms with E-state index in [0.717, 1.165) is 36.5 Å². The molecule has 4 rings (SSSR count). The average Bonchev–Trinajstić information content (AvgIpc) is 3.36. The molecule has 0 unspecified atom stereocenters. The molecule has 1 saturated carbocycles. The molecule has 6 N–H and O–H groups in total. The average molecular weight is 549 g/mol. The fraction of sp³-hybridized carbons (Fsp3) is 0.500. The Morgan fingerprint density at radius 3 is 2.50 bits per heavy atom. The van der Waals surface area contributed by atoms with E-state index in [2.05, 4.69) is 15.7 Å². The first-order valence-electron chi connectivity index (χ1n) is 14.0. The first-order chi connectivity index (χ1) is 19.1. The van der Waals surface area contributed by atoms with E-state index in [4.69, 9.17) is 11.3 Å². The number of aliphatic hydroxyl groups is 1. The van der Waals surface area contributed by atoms with Gasteiger partial charge in [0.2, 0.25) is 11.8 Å². The van der Waals surface area contributed by atoms with Gasteiger partial charge in [0, 0.05) is 18.2 Å². The molecule has 3 amide bonds. The Bertz CT molecular complexity index is 1280. The van der Waals surface area contributed by atoms with Gasteiger partial charge >= 0.3 is 0 Å². The molecule has 2 aromatic carbocycles. The quantitative estimate of drug-likeness (QED) is 0.286. The van der Waals surface area contributed by atoms with E-state index in [1.54, 1.807) is 19.9 Å². The maximum Gasteiger partial charge on any atom is 0.251 e. The number of nitrogens with zero attached hydrogens (tertiary/aromatic N) is 2. The smallest absolute Gasteiger partial charge is 0.251 e. The Hall–Kier alpha value is -3.79. The van der Waals surface area contributed by atoms with Crippen LogP contribution in [0.5, 0.6) is 0 Å². The second kappa shape index (κ2) is 12.6. The number of carbonyl (C=O) groups excluding carboxylic acids is 3. The normalized spacial score (nSPS) is 21.2. The molecular weight excluding hydrogens is 508 g/mol. The fourth-order valence-corrected chi connectivity index (χ4v) is 5.86. The Kier molecular flexibility index (Phi) is 9.19. The molecule has 0 radical (unpaired) electrons. The molecule has 10 nitrogen and oxygen atoms in total. The predicted molar refractivity (Wildman–Crippen MR) is 152 cm³/mol. The number of likely N-dealkylation sites (tertiary alicyclic amines) is 1. The molecule has 0 aromatic heterocycles. The molecule has 3 atom stereocenters. The minimum absolute atomic E-state index is 0.158. The second-order valence-electron chi connectivity index (χ2n) is 11.5.